The van der Waals surface area contributed by atoms with Gasteiger partial charge in [-0.1, -0.05) is 25.1 Å². The Labute approximate surface area is 175 Å². The molecule has 1 heterocycles. The topological polar surface area (TPSA) is 79.6 Å². The molecule has 0 saturated carbocycles. The zero-order chi connectivity index (χ0) is 18.1. The number of non-ortho nitro benzene ring substituents is 1. The third-order valence-electron chi connectivity index (χ3n) is 3.63. The number of benzene rings is 1. The maximum Gasteiger partial charge on any atom is 0.269 e. The fraction of sp³-hybridized carbons (Fsp3) is 0.389. The summed E-state index contributed by atoms with van der Waals surface area (Å²) in [5.41, 5.74) is 0.910. The molecule has 0 radical (unpaired) electrons. The molecule has 8 heteroatoms. The molecule has 2 N–H and O–H groups in total. The summed E-state index contributed by atoms with van der Waals surface area (Å²) in [6.45, 7) is 6.20. The van der Waals surface area contributed by atoms with Gasteiger partial charge in [0, 0.05) is 30.1 Å². The number of hydrogen-bond donors (Lipinski definition) is 2. The average Bonchev–Trinajstić information content (AvgIpc) is 3.10. The van der Waals surface area contributed by atoms with Gasteiger partial charge in [-0.15, -0.1) is 35.3 Å². The molecule has 0 aliphatic rings. The van der Waals surface area contributed by atoms with Crippen LogP contribution in [0, 0.1) is 16.0 Å². The first kappa shape index (κ1) is 22.4. The Balaban J connectivity index is 0.00000338. The van der Waals surface area contributed by atoms with Gasteiger partial charge in [-0.25, -0.2) is 4.99 Å². The molecule has 0 aliphatic heterocycles. The van der Waals surface area contributed by atoms with Crippen molar-refractivity contribution in [2.75, 3.05) is 13.1 Å². The molecule has 2 rings (SSSR count). The van der Waals surface area contributed by atoms with E-state index in [1.54, 1.807) is 23.5 Å². The van der Waals surface area contributed by atoms with Crippen LogP contribution >= 0.6 is 35.3 Å². The van der Waals surface area contributed by atoms with E-state index in [2.05, 4.69) is 40.1 Å². The monoisotopic (exact) mass is 488 g/mol. The molecule has 0 fully saturated rings. The maximum atomic E-state index is 10.8. The zero-order valence-corrected chi connectivity index (χ0v) is 18.1. The molecule has 1 unspecified atom stereocenters. The van der Waals surface area contributed by atoms with Crippen LogP contribution < -0.4 is 10.6 Å². The van der Waals surface area contributed by atoms with Gasteiger partial charge in [0.1, 0.15) is 0 Å². The summed E-state index contributed by atoms with van der Waals surface area (Å²) in [7, 11) is 0. The van der Waals surface area contributed by atoms with Gasteiger partial charge in [0.2, 0.25) is 0 Å². The number of guanidine groups is 1. The molecule has 1 aromatic carbocycles. The Morgan fingerprint density at radius 3 is 2.77 bits per heavy atom. The van der Waals surface area contributed by atoms with Crippen LogP contribution in [0.3, 0.4) is 0 Å². The van der Waals surface area contributed by atoms with E-state index in [1.165, 1.54) is 10.9 Å². The number of nitrogens with one attached hydrogen (secondary N) is 2. The molecule has 0 aliphatic carbocycles. The number of nitro groups is 1. The smallest absolute Gasteiger partial charge is 0.269 e. The maximum absolute atomic E-state index is 10.8. The molecular weight excluding hydrogens is 463 g/mol. The highest BCUT2D eigenvalue weighted by Gasteiger charge is 2.07. The Kier molecular flexibility index (Phi) is 10.2. The van der Waals surface area contributed by atoms with Gasteiger partial charge in [-0.05, 0) is 36.3 Å². The zero-order valence-electron chi connectivity index (χ0n) is 15.0. The predicted octanol–water partition coefficient (Wildman–Crippen LogP) is 4.21. The largest absolute Gasteiger partial charge is 0.357 e. The van der Waals surface area contributed by atoms with Crippen LogP contribution in [0.5, 0.6) is 0 Å². The first-order valence-electron chi connectivity index (χ1n) is 8.36. The van der Waals surface area contributed by atoms with Crippen LogP contribution in [0.2, 0.25) is 0 Å². The molecule has 26 heavy (non-hydrogen) atoms. The van der Waals surface area contributed by atoms with Crippen molar-refractivity contribution >= 4 is 47.0 Å². The number of halogens is 1. The molecule has 0 spiro atoms. The van der Waals surface area contributed by atoms with Gasteiger partial charge in [0.15, 0.2) is 5.96 Å². The number of hydrogen-bond acceptors (Lipinski definition) is 4. The summed E-state index contributed by atoms with van der Waals surface area (Å²) in [6.07, 6.45) is 1.04. The molecule has 0 bridgehead atoms. The summed E-state index contributed by atoms with van der Waals surface area (Å²) in [5, 5.41) is 19.5. The second-order valence-electron chi connectivity index (χ2n) is 5.89. The van der Waals surface area contributed by atoms with Gasteiger partial charge in [0.25, 0.3) is 5.69 Å². The lowest BCUT2D eigenvalue weighted by atomic mass is 10.1. The van der Waals surface area contributed by atoms with Crippen molar-refractivity contribution in [2.45, 2.75) is 26.8 Å². The minimum Gasteiger partial charge on any atom is -0.357 e. The van der Waals surface area contributed by atoms with Crippen LogP contribution in [-0.4, -0.2) is 24.0 Å². The van der Waals surface area contributed by atoms with Gasteiger partial charge in [0.05, 0.1) is 11.5 Å². The Morgan fingerprint density at radius 1 is 1.31 bits per heavy atom. The van der Waals surface area contributed by atoms with E-state index in [9.17, 15) is 10.1 Å². The molecule has 1 aromatic heterocycles. The lowest BCUT2D eigenvalue weighted by molar-refractivity contribution is -0.384. The second-order valence-corrected chi connectivity index (χ2v) is 6.92. The number of nitro benzene ring substituents is 1. The van der Waals surface area contributed by atoms with Crippen LogP contribution in [0.1, 0.15) is 24.3 Å². The minimum atomic E-state index is -0.386. The van der Waals surface area contributed by atoms with Crippen LogP contribution in [-0.2, 0) is 13.0 Å². The number of thiophene rings is 1. The normalized spacial score (nSPS) is 12.2. The molecule has 0 amide bonds. The molecule has 142 valence electrons. The van der Waals surface area contributed by atoms with E-state index in [-0.39, 0.29) is 34.6 Å². The standard InChI is InChI=1S/C18H24N4O2S.HI/c1-3-19-18(20-12-14(2)10-17-8-5-9-25-17)21-13-15-6-4-7-16(11-15)22(23)24;/h4-9,11,14H,3,10,12-13H2,1-2H3,(H2,19,20,21);1H. The van der Waals surface area contributed by atoms with Gasteiger partial charge in [-0.3, -0.25) is 10.1 Å². The molecule has 2 aromatic rings. The summed E-state index contributed by atoms with van der Waals surface area (Å²) < 4.78 is 0. The average molecular weight is 488 g/mol. The van der Waals surface area contributed by atoms with E-state index in [4.69, 9.17) is 0 Å². The summed E-state index contributed by atoms with van der Waals surface area (Å²) in [5.74, 6) is 1.22. The first-order valence-corrected chi connectivity index (χ1v) is 9.24. The lowest BCUT2D eigenvalue weighted by Gasteiger charge is -2.15. The Hall–Kier alpha value is -1.68. The summed E-state index contributed by atoms with van der Waals surface area (Å²) in [6, 6.07) is 10.8. The molecule has 1 atom stereocenters. The van der Waals surface area contributed by atoms with Crippen LogP contribution in [0.15, 0.2) is 46.8 Å². The van der Waals surface area contributed by atoms with Crippen LogP contribution in [0.4, 0.5) is 5.69 Å². The second kappa shape index (κ2) is 11.8. The number of rotatable bonds is 8. The van der Waals surface area contributed by atoms with Crippen molar-refractivity contribution in [1.29, 1.82) is 0 Å². The SMILES string of the molecule is CCNC(=NCc1cccc([N+](=O)[O-])c1)NCC(C)Cc1cccs1.I. The van der Waals surface area contributed by atoms with E-state index >= 15 is 0 Å². The quantitative estimate of drug-likeness (QED) is 0.192. The molecule has 6 nitrogen and oxygen atoms in total. The fourth-order valence-corrected chi connectivity index (χ4v) is 3.27. The molecular formula is C18H25IN4O2S. The van der Waals surface area contributed by atoms with Crippen molar-refractivity contribution in [3.8, 4) is 0 Å². The van der Waals surface area contributed by atoms with Gasteiger partial charge < -0.3 is 10.6 Å². The molecule has 0 saturated heterocycles. The number of aliphatic imine (C=N–C) groups is 1. The first-order chi connectivity index (χ1) is 12.1. The van der Waals surface area contributed by atoms with Gasteiger partial charge >= 0.3 is 0 Å². The number of nitrogens with zero attached hydrogens (tertiary/aromatic N) is 2. The highest BCUT2D eigenvalue weighted by molar-refractivity contribution is 14.0. The van der Waals surface area contributed by atoms with E-state index in [0.29, 0.717) is 12.5 Å². The highest BCUT2D eigenvalue weighted by Crippen LogP contribution is 2.14. The van der Waals surface area contributed by atoms with Crippen molar-refractivity contribution in [1.82, 2.24) is 10.6 Å². The highest BCUT2D eigenvalue weighted by atomic mass is 127. The third kappa shape index (κ3) is 7.69. The Morgan fingerprint density at radius 2 is 2.12 bits per heavy atom. The van der Waals surface area contributed by atoms with Crippen LogP contribution in [0.25, 0.3) is 0 Å². The van der Waals surface area contributed by atoms with E-state index < -0.39 is 0 Å². The Bertz CT molecular complexity index is 707. The van der Waals surface area contributed by atoms with Crippen molar-refractivity contribution in [3.05, 3.63) is 62.3 Å². The summed E-state index contributed by atoms with van der Waals surface area (Å²) in [4.78, 5) is 16.4. The van der Waals surface area contributed by atoms with E-state index in [0.717, 1.165) is 31.0 Å². The van der Waals surface area contributed by atoms with E-state index in [1.807, 2.05) is 13.0 Å². The fourth-order valence-electron chi connectivity index (χ4n) is 2.40. The predicted molar refractivity (Wildman–Crippen MR) is 119 cm³/mol. The summed E-state index contributed by atoms with van der Waals surface area (Å²) >= 11 is 1.78. The van der Waals surface area contributed by atoms with Crippen molar-refractivity contribution in [2.24, 2.45) is 10.9 Å². The van der Waals surface area contributed by atoms with Crippen molar-refractivity contribution in [3.63, 3.8) is 0 Å². The van der Waals surface area contributed by atoms with Crippen molar-refractivity contribution < 1.29 is 4.92 Å². The van der Waals surface area contributed by atoms with Gasteiger partial charge in [-0.2, -0.15) is 0 Å². The third-order valence-corrected chi connectivity index (χ3v) is 4.53. The lowest BCUT2D eigenvalue weighted by Crippen LogP contribution is -2.39. The minimum absolute atomic E-state index is 0.